The van der Waals surface area contributed by atoms with Crippen molar-refractivity contribution < 1.29 is 22.7 Å². The summed E-state index contributed by atoms with van der Waals surface area (Å²) in [6.45, 7) is -2.97. The van der Waals surface area contributed by atoms with Crippen molar-refractivity contribution in [2.24, 2.45) is 0 Å². The fourth-order valence-corrected chi connectivity index (χ4v) is 3.51. The van der Waals surface area contributed by atoms with Crippen LogP contribution in [0.4, 0.5) is 18.9 Å². The van der Waals surface area contributed by atoms with Gasteiger partial charge in [-0.05, 0) is 36.4 Å². The minimum absolute atomic E-state index is 0.0375. The number of thioether (sulfide) groups is 1. The van der Waals surface area contributed by atoms with Gasteiger partial charge in [0.25, 0.3) is 5.91 Å². The number of para-hydroxylation sites is 1. The van der Waals surface area contributed by atoms with Crippen LogP contribution in [0.3, 0.4) is 0 Å². The minimum Gasteiger partial charge on any atom is -0.434 e. The van der Waals surface area contributed by atoms with Crippen LogP contribution >= 0.6 is 24.0 Å². The highest BCUT2D eigenvalue weighted by Gasteiger charge is 2.33. The summed E-state index contributed by atoms with van der Waals surface area (Å²) in [5, 5.41) is 0. The average Bonchev–Trinajstić information content (AvgIpc) is 2.84. The van der Waals surface area contributed by atoms with E-state index in [1.807, 2.05) is 0 Å². The Bertz CT molecular complexity index is 853. The van der Waals surface area contributed by atoms with E-state index < -0.39 is 18.3 Å². The quantitative estimate of drug-likeness (QED) is 0.560. The van der Waals surface area contributed by atoms with Gasteiger partial charge in [0.05, 0.1) is 10.6 Å². The molecule has 3 nitrogen and oxygen atoms in total. The number of benzene rings is 2. The fraction of sp³-hybridized carbons (Fsp3) is 0.0588. The van der Waals surface area contributed by atoms with Crippen molar-refractivity contribution in [3.63, 3.8) is 0 Å². The van der Waals surface area contributed by atoms with Gasteiger partial charge < -0.3 is 4.74 Å². The van der Waals surface area contributed by atoms with Crippen molar-refractivity contribution in [3.05, 3.63) is 64.8 Å². The summed E-state index contributed by atoms with van der Waals surface area (Å²) in [4.78, 5) is 14.1. The summed E-state index contributed by atoms with van der Waals surface area (Å²) < 4.78 is 42.8. The fourth-order valence-electron chi connectivity index (χ4n) is 2.22. The molecule has 0 radical (unpaired) electrons. The van der Waals surface area contributed by atoms with Crippen LogP contribution < -0.4 is 9.64 Å². The molecule has 2 aromatic rings. The first kappa shape index (κ1) is 17.5. The second-order valence-electron chi connectivity index (χ2n) is 4.91. The van der Waals surface area contributed by atoms with E-state index in [-0.39, 0.29) is 15.0 Å². The largest absolute Gasteiger partial charge is 0.434 e. The maximum Gasteiger partial charge on any atom is 0.387 e. The minimum atomic E-state index is -2.97. The molecule has 0 spiro atoms. The predicted octanol–water partition coefficient (Wildman–Crippen LogP) is 4.83. The van der Waals surface area contributed by atoms with Gasteiger partial charge >= 0.3 is 6.61 Å². The zero-order chi connectivity index (χ0) is 18.0. The summed E-state index contributed by atoms with van der Waals surface area (Å²) in [6.07, 6.45) is 1.44. The van der Waals surface area contributed by atoms with E-state index in [9.17, 15) is 18.0 Å². The summed E-state index contributed by atoms with van der Waals surface area (Å²) in [5.41, 5.74) is 0.770. The molecule has 1 fully saturated rings. The average molecular weight is 381 g/mol. The molecule has 0 saturated carbocycles. The number of ether oxygens (including phenoxy) is 1. The lowest BCUT2D eigenvalue weighted by Crippen LogP contribution is -2.27. The number of carbonyl (C=O) groups is 1. The monoisotopic (exact) mass is 381 g/mol. The molecule has 0 aliphatic carbocycles. The topological polar surface area (TPSA) is 29.5 Å². The first-order valence-corrected chi connectivity index (χ1v) is 8.25. The van der Waals surface area contributed by atoms with Crippen molar-refractivity contribution in [1.82, 2.24) is 0 Å². The Hall–Kier alpha value is -2.32. The standard InChI is InChI=1S/C17H10F3NO2S2/c18-11-5-7-12(8-6-11)21-15(22)14(25-17(21)24)9-10-3-1-2-4-13(10)23-16(19)20/h1-9,16H/b14-9+. The molecule has 3 rings (SSSR count). The van der Waals surface area contributed by atoms with Gasteiger partial charge in [0, 0.05) is 5.56 Å². The number of rotatable bonds is 4. The number of hydrogen-bond donors (Lipinski definition) is 0. The molecule has 128 valence electrons. The van der Waals surface area contributed by atoms with Crippen LogP contribution in [0.2, 0.25) is 0 Å². The number of nitrogens with zero attached hydrogens (tertiary/aromatic N) is 1. The maximum absolute atomic E-state index is 13.1. The first-order chi connectivity index (χ1) is 12.0. The normalized spacial score (nSPS) is 16.2. The molecular weight excluding hydrogens is 371 g/mol. The van der Waals surface area contributed by atoms with Crippen molar-refractivity contribution in [2.45, 2.75) is 6.61 Å². The number of carbonyl (C=O) groups excluding carboxylic acids is 1. The third-order valence-corrected chi connectivity index (χ3v) is 4.60. The molecule has 1 aliphatic rings. The maximum atomic E-state index is 13.1. The van der Waals surface area contributed by atoms with E-state index in [2.05, 4.69) is 4.74 Å². The SMILES string of the molecule is O=C1/C(=C\c2ccccc2OC(F)F)SC(=S)N1c1ccc(F)cc1. The van der Waals surface area contributed by atoms with E-state index in [0.29, 0.717) is 11.3 Å². The summed E-state index contributed by atoms with van der Waals surface area (Å²) >= 11 is 6.25. The molecule has 0 atom stereocenters. The van der Waals surface area contributed by atoms with E-state index in [1.165, 1.54) is 41.3 Å². The number of halogens is 3. The Kier molecular flexibility index (Phi) is 5.10. The summed E-state index contributed by atoms with van der Waals surface area (Å²) in [7, 11) is 0. The first-order valence-electron chi connectivity index (χ1n) is 7.03. The molecule has 2 aromatic carbocycles. The molecule has 25 heavy (non-hydrogen) atoms. The molecule has 0 bridgehead atoms. The van der Waals surface area contributed by atoms with Crippen molar-refractivity contribution in [2.75, 3.05) is 4.90 Å². The van der Waals surface area contributed by atoms with Gasteiger partial charge in [-0.1, -0.05) is 42.2 Å². The van der Waals surface area contributed by atoms with Gasteiger partial charge in [0.1, 0.15) is 11.6 Å². The Morgan fingerprint density at radius 2 is 1.80 bits per heavy atom. The van der Waals surface area contributed by atoms with Crippen LogP contribution in [0.25, 0.3) is 6.08 Å². The van der Waals surface area contributed by atoms with E-state index in [4.69, 9.17) is 12.2 Å². The summed E-state index contributed by atoms with van der Waals surface area (Å²) in [5.74, 6) is -0.874. The van der Waals surface area contributed by atoms with Crippen LogP contribution in [0.1, 0.15) is 5.56 Å². The lowest BCUT2D eigenvalue weighted by molar-refractivity contribution is -0.113. The number of anilines is 1. The van der Waals surface area contributed by atoms with Crippen LogP contribution in [-0.4, -0.2) is 16.8 Å². The van der Waals surface area contributed by atoms with Crippen LogP contribution in [-0.2, 0) is 4.79 Å². The highest BCUT2D eigenvalue weighted by atomic mass is 32.2. The van der Waals surface area contributed by atoms with Crippen LogP contribution in [0.15, 0.2) is 53.4 Å². The van der Waals surface area contributed by atoms with Crippen molar-refractivity contribution in [3.8, 4) is 5.75 Å². The van der Waals surface area contributed by atoms with Gasteiger partial charge in [0.15, 0.2) is 4.32 Å². The third-order valence-electron chi connectivity index (χ3n) is 3.30. The van der Waals surface area contributed by atoms with E-state index >= 15 is 0 Å². The third kappa shape index (κ3) is 3.85. The van der Waals surface area contributed by atoms with Crippen LogP contribution in [0, 0.1) is 5.82 Å². The van der Waals surface area contributed by atoms with Crippen molar-refractivity contribution >= 4 is 46.0 Å². The highest BCUT2D eigenvalue weighted by molar-refractivity contribution is 8.27. The van der Waals surface area contributed by atoms with Gasteiger partial charge in [-0.3, -0.25) is 9.69 Å². The number of thiocarbonyl (C=S) groups is 1. The lowest BCUT2D eigenvalue weighted by atomic mass is 10.2. The Balaban J connectivity index is 1.92. The molecule has 0 N–H and O–H groups in total. The molecule has 1 amide bonds. The van der Waals surface area contributed by atoms with Gasteiger partial charge in [-0.2, -0.15) is 8.78 Å². The molecule has 1 aliphatic heterocycles. The van der Waals surface area contributed by atoms with Crippen molar-refractivity contribution in [1.29, 1.82) is 0 Å². The lowest BCUT2D eigenvalue weighted by Gasteiger charge is -2.14. The van der Waals surface area contributed by atoms with Crippen LogP contribution in [0.5, 0.6) is 5.75 Å². The Morgan fingerprint density at radius 1 is 1.12 bits per heavy atom. The second kappa shape index (κ2) is 7.28. The molecular formula is C17H10F3NO2S2. The highest BCUT2D eigenvalue weighted by Crippen LogP contribution is 2.37. The number of hydrogen-bond acceptors (Lipinski definition) is 4. The zero-order valence-corrected chi connectivity index (χ0v) is 14.1. The van der Waals surface area contributed by atoms with Gasteiger partial charge in [-0.25, -0.2) is 4.39 Å². The van der Waals surface area contributed by atoms with E-state index in [1.54, 1.807) is 18.2 Å². The molecule has 0 aromatic heterocycles. The number of amides is 1. The molecule has 0 unspecified atom stereocenters. The smallest absolute Gasteiger partial charge is 0.387 e. The Labute approximate surface area is 151 Å². The molecule has 1 saturated heterocycles. The molecule has 8 heteroatoms. The summed E-state index contributed by atoms with van der Waals surface area (Å²) in [6, 6.07) is 11.5. The second-order valence-corrected chi connectivity index (χ2v) is 6.59. The zero-order valence-electron chi connectivity index (χ0n) is 12.5. The number of alkyl halides is 2. The molecule has 1 heterocycles. The van der Waals surface area contributed by atoms with Gasteiger partial charge in [-0.15, -0.1) is 0 Å². The van der Waals surface area contributed by atoms with E-state index in [0.717, 1.165) is 11.8 Å². The van der Waals surface area contributed by atoms with Gasteiger partial charge in [0.2, 0.25) is 0 Å². The predicted molar refractivity (Wildman–Crippen MR) is 95.1 cm³/mol. The Morgan fingerprint density at radius 3 is 2.48 bits per heavy atom.